The molecule has 3 heterocycles. The molecule has 3 aliphatic rings. The van der Waals surface area contributed by atoms with E-state index in [0.29, 0.717) is 17.9 Å². The van der Waals surface area contributed by atoms with Crippen molar-refractivity contribution in [3.63, 3.8) is 0 Å². The number of nitrogens with two attached hydrogens (primary N) is 1. The number of hydrogen-bond donors (Lipinski definition) is 2. The molecule has 108 valence electrons. The Hall–Kier alpha value is -1.36. The highest BCUT2D eigenvalue weighted by Gasteiger charge is 2.35. The Morgan fingerprint density at radius 3 is 2.80 bits per heavy atom. The van der Waals surface area contributed by atoms with E-state index in [4.69, 9.17) is 5.73 Å². The molecule has 4 rings (SSSR count). The summed E-state index contributed by atoms with van der Waals surface area (Å²) in [5.74, 6) is 2.86. The molecule has 0 radical (unpaired) electrons. The molecule has 0 amide bonds. The van der Waals surface area contributed by atoms with Gasteiger partial charge in [0, 0.05) is 31.1 Å². The SMILES string of the molecule is Nc1nc(C2CCC2)cc(N2C[C@@H]3CCCN[C@@H]3C2)n1. The average molecular weight is 273 g/mol. The van der Waals surface area contributed by atoms with Gasteiger partial charge in [-0.2, -0.15) is 4.98 Å². The van der Waals surface area contributed by atoms with Gasteiger partial charge in [-0.25, -0.2) is 4.98 Å². The van der Waals surface area contributed by atoms with E-state index in [9.17, 15) is 0 Å². The molecule has 1 aliphatic carbocycles. The van der Waals surface area contributed by atoms with Crippen molar-refractivity contribution in [3.8, 4) is 0 Å². The molecular weight excluding hydrogens is 250 g/mol. The maximum atomic E-state index is 5.93. The molecule has 5 nitrogen and oxygen atoms in total. The molecule has 3 N–H and O–H groups in total. The predicted molar refractivity (Wildman–Crippen MR) is 79.8 cm³/mol. The zero-order valence-corrected chi connectivity index (χ0v) is 11.9. The van der Waals surface area contributed by atoms with Gasteiger partial charge >= 0.3 is 0 Å². The quantitative estimate of drug-likeness (QED) is 0.855. The van der Waals surface area contributed by atoms with Crippen LogP contribution in [0.1, 0.15) is 43.7 Å². The van der Waals surface area contributed by atoms with Gasteiger partial charge in [0.1, 0.15) is 5.82 Å². The Bertz CT molecular complexity index is 485. The minimum absolute atomic E-state index is 0.437. The van der Waals surface area contributed by atoms with Crippen molar-refractivity contribution in [3.05, 3.63) is 11.8 Å². The molecular formula is C15H23N5. The fourth-order valence-electron chi connectivity index (χ4n) is 3.78. The molecule has 1 saturated carbocycles. The number of nitrogen functional groups attached to an aromatic ring is 1. The van der Waals surface area contributed by atoms with Gasteiger partial charge in [-0.3, -0.25) is 0 Å². The molecule has 0 spiro atoms. The maximum Gasteiger partial charge on any atom is 0.222 e. The van der Waals surface area contributed by atoms with Crippen LogP contribution in [0.5, 0.6) is 0 Å². The van der Waals surface area contributed by atoms with E-state index in [1.165, 1.54) is 32.1 Å². The highest BCUT2D eigenvalue weighted by Crippen LogP contribution is 2.37. The molecule has 5 heteroatoms. The molecule has 2 saturated heterocycles. The zero-order chi connectivity index (χ0) is 13.5. The van der Waals surface area contributed by atoms with Gasteiger partial charge in [-0.1, -0.05) is 6.42 Å². The summed E-state index contributed by atoms with van der Waals surface area (Å²) >= 11 is 0. The van der Waals surface area contributed by atoms with Crippen LogP contribution in [0, 0.1) is 5.92 Å². The van der Waals surface area contributed by atoms with E-state index >= 15 is 0 Å². The number of nitrogens with zero attached hydrogens (tertiary/aromatic N) is 3. The van der Waals surface area contributed by atoms with Crippen molar-refractivity contribution in [1.29, 1.82) is 0 Å². The number of rotatable bonds is 2. The van der Waals surface area contributed by atoms with Crippen molar-refractivity contribution in [2.24, 2.45) is 5.92 Å². The Balaban J connectivity index is 1.57. The molecule has 1 aromatic rings. The minimum atomic E-state index is 0.437. The summed E-state index contributed by atoms with van der Waals surface area (Å²) < 4.78 is 0. The third-order valence-electron chi connectivity index (χ3n) is 5.20. The van der Waals surface area contributed by atoms with Crippen LogP contribution in [0.4, 0.5) is 11.8 Å². The first-order valence-corrected chi connectivity index (χ1v) is 7.92. The standard InChI is InChI=1S/C15H23N5/c16-15-18-12(10-3-1-4-10)7-14(19-15)20-8-11-5-2-6-17-13(11)9-20/h7,10-11,13,17H,1-6,8-9H2,(H2,16,18,19)/t11-,13+/m0/s1. The highest BCUT2D eigenvalue weighted by molar-refractivity contribution is 5.46. The van der Waals surface area contributed by atoms with Crippen LogP contribution in [0.3, 0.4) is 0 Å². The van der Waals surface area contributed by atoms with Gasteiger partial charge in [0.2, 0.25) is 5.95 Å². The van der Waals surface area contributed by atoms with Crippen LogP contribution in [-0.4, -0.2) is 35.6 Å². The monoisotopic (exact) mass is 273 g/mol. The van der Waals surface area contributed by atoms with Crippen molar-refractivity contribution in [2.45, 2.75) is 44.1 Å². The predicted octanol–water partition coefficient (Wildman–Crippen LogP) is 1.51. The van der Waals surface area contributed by atoms with Crippen LogP contribution in [0.2, 0.25) is 0 Å². The Morgan fingerprint density at radius 2 is 2.05 bits per heavy atom. The summed E-state index contributed by atoms with van der Waals surface area (Å²) in [7, 11) is 0. The summed E-state index contributed by atoms with van der Waals surface area (Å²) in [4.78, 5) is 11.3. The molecule has 20 heavy (non-hydrogen) atoms. The average Bonchev–Trinajstić information content (AvgIpc) is 2.79. The Kier molecular flexibility index (Phi) is 3.02. The van der Waals surface area contributed by atoms with E-state index < -0.39 is 0 Å². The number of fused-ring (bicyclic) bond motifs is 1. The number of anilines is 2. The van der Waals surface area contributed by atoms with Gasteiger partial charge in [-0.15, -0.1) is 0 Å². The zero-order valence-electron chi connectivity index (χ0n) is 11.9. The van der Waals surface area contributed by atoms with Gasteiger partial charge < -0.3 is 16.0 Å². The van der Waals surface area contributed by atoms with E-state index in [2.05, 4.69) is 26.3 Å². The first-order chi connectivity index (χ1) is 9.79. The number of aromatic nitrogens is 2. The molecule has 0 aromatic carbocycles. The Morgan fingerprint density at radius 1 is 1.15 bits per heavy atom. The number of piperidine rings is 1. The minimum Gasteiger partial charge on any atom is -0.368 e. The van der Waals surface area contributed by atoms with Crippen molar-refractivity contribution in [2.75, 3.05) is 30.3 Å². The van der Waals surface area contributed by atoms with Crippen molar-refractivity contribution < 1.29 is 0 Å². The second kappa shape index (κ2) is 4.88. The fraction of sp³-hybridized carbons (Fsp3) is 0.733. The van der Waals surface area contributed by atoms with Gasteiger partial charge in [0.15, 0.2) is 0 Å². The van der Waals surface area contributed by atoms with Crippen molar-refractivity contribution >= 4 is 11.8 Å². The van der Waals surface area contributed by atoms with Crippen LogP contribution in [0.15, 0.2) is 6.07 Å². The first kappa shape index (κ1) is 12.4. The lowest BCUT2D eigenvalue weighted by Gasteiger charge is -2.26. The smallest absolute Gasteiger partial charge is 0.222 e. The van der Waals surface area contributed by atoms with Crippen LogP contribution in [0.25, 0.3) is 0 Å². The lowest BCUT2D eigenvalue weighted by atomic mass is 9.83. The van der Waals surface area contributed by atoms with Gasteiger partial charge in [0.25, 0.3) is 0 Å². The third kappa shape index (κ3) is 2.14. The highest BCUT2D eigenvalue weighted by atomic mass is 15.3. The summed E-state index contributed by atoms with van der Waals surface area (Å²) in [5, 5.41) is 3.64. The lowest BCUT2D eigenvalue weighted by molar-refractivity contribution is 0.340. The molecule has 2 atom stereocenters. The van der Waals surface area contributed by atoms with Gasteiger partial charge in [0.05, 0.1) is 5.69 Å². The van der Waals surface area contributed by atoms with E-state index in [1.807, 2.05) is 0 Å². The summed E-state index contributed by atoms with van der Waals surface area (Å²) in [6, 6.07) is 2.81. The molecule has 0 bridgehead atoms. The molecule has 0 unspecified atom stereocenters. The normalized spacial score (nSPS) is 30.1. The summed E-state index contributed by atoms with van der Waals surface area (Å²) in [6.07, 6.45) is 6.46. The second-order valence-electron chi connectivity index (χ2n) is 6.50. The van der Waals surface area contributed by atoms with E-state index in [0.717, 1.165) is 37.1 Å². The first-order valence-electron chi connectivity index (χ1n) is 7.92. The molecule has 1 aromatic heterocycles. The summed E-state index contributed by atoms with van der Waals surface area (Å²) in [5.41, 5.74) is 7.08. The summed E-state index contributed by atoms with van der Waals surface area (Å²) in [6.45, 7) is 3.33. The largest absolute Gasteiger partial charge is 0.368 e. The lowest BCUT2D eigenvalue weighted by Crippen LogP contribution is -2.40. The van der Waals surface area contributed by atoms with E-state index in [-0.39, 0.29) is 0 Å². The molecule has 3 fully saturated rings. The van der Waals surface area contributed by atoms with Crippen molar-refractivity contribution in [1.82, 2.24) is 15.3 Å². The van der Waals surface area contributed by atoms with Crippen LogP contribution < -0.4 is 16.0 Å². The van der Waals surface area contributed by atoms with Crippen LogP contribution in [-0.2, 0) is 0 Å². The number of nitrogens with one attached hydrogen (secondary N) is 1. The van der Waals surface area contributed by atoms with E-state index in [1.54, 1.807) is 0 Å². The fourth-order valence-corrected chi connectivity index (χ4v) is 3.78. The second-order valence-corrected chi connectivity index (χ2v) is 6.50. The van der Waals surface area contributed by atoms with Crippen LogP contribution >= 0.6 is 0 Å². The Labute approximate surface area is 120 Å². The molecule has 2 aliphatic heterocycles. The number of hydrogen-bond acceptors (Lipinski definition) is 5. The topological polar surface area (TPSA) is 67.1 Å². The van der Waals surface area contributed by atoms with Gasteiger partial charge in [-0.05, 0) is 38.1 Å². The maximum absolute atomic E-state index is 5.93. The third-order valence-corrected chi connectivity index (χ3v) is 5.20.